The van der Waals surface area contributed by atoms with E-state index in [1.165, 1.54) is 0 Å². The Morgan fingerprint density at radius 1 is 1.33 bits per heavy atom. The average molecular weight is 220 g/mol. The van der Waals surface area contributed by atoms with E-state index >= 15 is 0 Å². The summed E-state index contributed by atoms with van der Waals surface area (Å²) in [5.41, 5.74) is 6.53. The van der Waals surface area contributed by atoms with Crippen molar-refractivity contribution in [1.82, 2.24) is 14.8 Å². The van der Waals surface area contributed by atoms with Crippen molar-refractivity contribution >= 4 is 12.2 Å². The summed E-state index contributed by atoms with van der Waals surface area (Å²) in [4.78, 5) is 0. The number of H-pyrrole nitrogens is 1. The van der Waals surface area contributed by atoms with Crippen molar-refractivity contribution in [2.24, 2.45) is 5.73 Å². The van der Waals surface area contributed by atoms with Crippen molar-refractivity contribution in [2.45, 2.75) is 6.42 Å². The summed E-state index contributed by atoms with van der Waals surface area (Å²) in [6.07, 6.45) is 0.710. The number of benzene rings is 1. The predicted molar refractivity (Wildman–Crippen MR) is 61.5 cm³/mol. The van der Waals surface area contributed by atoms with Crippen LogP contribution in [0.5, 0.6) is 0 Å². The largest absolute Gasteiger partial charge is 0.330 e. The normalized spacial score (nSPS) is 10.5. The Morgan fingerprint density at radius 3 is 2.73 bits per heavy atom. The highest BCUT2D eigenvalue weighted by Gasteiger charge is 2.06. The van der Waals surface area contributed by atoms with Crippen LogP contribution in [0.3, 0.4) is 0 Å². The van der Waals surface area contributed by atoms with E-state index in [1.54, 1.807) is 0 Å². The third-order valence-corrected chi connectivity index (χ3v) is 2.40. The first-order valence-electron chi connectivity index (χ1n) is 4.74. The lowest BCUT2D eigenvalue weighted by Crippen LogP contribution is -2.09. The molecule has 0 aliphatic heterocycles. The second-order valence-corrected chi connectivity index (χ2v) is 3.54. The SMILES string of the molecule is NCCc1n[nH]c(=S)n1-c1ccccc1. The number of aromatic amines is 1. The molecule has 78 valence electrons. The van der Waals surface area contributed by atoms with Gasteiger partial charge in [-0.3, -0.25) is 9.67 Å². The number of hydrogen-bond acceptors (Lipinski definition) is 3. The van der Waals surface area contributed by atoms with Crippen molar-refractivity contribution in [3.8, 4) is 5.69 Å². The molecule has 0 saturated carbocycles. The Hall–Kier alpha value is -1.46. The highest BCUT2D eigenvalue weighted by atomic mass is 32.1. The number of aromatic nitrogens is 3. The molecule has 2 aromatic rings. The molecule has 2 rings (SSSR count). The number of rotatable bonds is 3. The lowest BCUT2D eigenvalue weighted by atomic mass is 10.3. The molecule has 0 spiro atoms. The summed E-state index contributed by atoms with van der Waals surface area (Å²) in [7, 11) is 0. The summed E-state index contributed by atoms with van der Waals surface area (Å²) < 4.78 is 2.51. The molecule has 0 amide bonds. The molecule has 4 nitrogen and oxygen atoms in total. The van der Waals surface area contributed by atoms with Crippen LogP contribution in [0.15, 0.2) is 30.3 Å². The Balaban J connectivity index is 2.52. The average Bonchev–Trinajstić information content (AvgIpc) is 2.62. The number of nitrogens with zero attached hydrogens (tertiary/aromatic N) is 2. The number of para-hydroxylation sites is 1. The van der Waals surface area contributed by atoms with Crippen LogP contribution in [0.4, 0.5) is 0 Å². The molecule has 1 aromatic carbocycles. The summed E-state index contributed by atoms with van der Waals surface area (Å²) in [5, 5.41) is 6.93. The standard InChI is InChI=1S/C10H12N4S/c11-7-6-9-12-13-10(15)14(9)8-4-2-1-3-5-8/h1-5H,6-7,11H2,(H,13,15). The molecule has 15 heavy (non-hydrogen) atoms. The zero-order chi connectivity index (χ0) is 10.7. The second-order valence-electron chi connectivity index (χ2n) is 3.15. The third-order valence-electron chi connectivity index (χ3n) is 2.12. The van der Waals surface area contributed by atoms with Gasteiger partial charge in [0.2, 0.25) is 0 Å². The highest BCUT2D eigenvalue weighted by molar-refractivity contribution is 7.71. The topological polar surface area (TPSA) is 59.6 Å². The molecule has 1 aromatic heterocycles. The van der Waals surface area contributed by atoms with Gasteiger partial charge < -0.3 is 5.73 Å². The van der Waals surface area contributed by atoms with Crippen LogP contribution >= 0.6 is 12.2 Å². The zero-order valence-corrected chi connectivity index (χ0v) is 9.00. The number of hydrogen-bond donors (Lipinski definition) is 2. The number of nitrogens with two attached hydrogens (primary N) is 1. The van der Waals surface area contributed by atoms with Crippen molar-refractivity contribution < 1.29 is 0 Å². The van der Waals surface area contributed by atoms with Crippen molar-refractivity contribution in [1.29, 1.82) is 0 Å². The van der Waals surface area contributed by atoms with Crippen LogP contribution in [-0.2, 0) is 6.42 Å². The van der Waals surface area contributed by atoms with E-state index in [0.29, 0.717) is 17.7 Å². The highest BCUT2D eigenvalue weighted by Crippen LogP contribution is 2.10. The molecule has 5 heteroatoms. The Kier molecular flexibility index (Phi) is 2.94. The van der Waals surface area contributed by atoms with Crippen LogP contribution in [-0.4, -0.2) is 21.3 Å². The third kappa shape index (κ3) is 1.98. The van der Waals surface area contributed by atoms with Gasteiger partial charge in [-0.05, 0) is 30.9 Å². The van der Waals surface area contributed by atoms with Crippen LogP contribution in [0.1, 0.15) is 5.82 Å². The first-order valence-corrected chi connectivity index (χ1v) is 5.15. The van der Waals surface area contributed by atoms with Gasteiger partial charge in [-0.2, -0.15) is 5.10 Å². The van der Waals surface area contributed by atoms with Gasteiger partial charge in [0, 0.05) is 12.1 Å². The molecule has 3 N–H and O–H groups in total. The van der Waals surface area contributed by atoms with Gasteiger partial charge in [0.05, 0.1) is 0 Å². The van der Waals surface area contributed by atoms with Crippen LogP contribution in [0, 0.1) is 4.77 Å². The molecule has 0 bridgehead atoms. The molecule has 0 unspecified atom stereocenters. The van der Waals surface area contributed by atoms with Crippen molar-refractivity contribution in [3.63, 3.8) is 0 Å². The number of nitrogens with one attached hydrogen (secondary N) is 1. The van der Waals surface area contributed by atoms with E-state index in [2.05, 4.69) is 10.2 Å². The molecule has 0 radical (unpaired) electrons. The van der Waals surface area contributed by atoms with E-state index in [9.17, 15) is 0 Å². The van der Waals surface area contributed by atoms with Gasteiger partial charge in [-0.15, -0.1) is 0 Å². The van der Waals surface area contributed by atoms with Gasteiger partial charge in [-0.1, -0.05) is 18.2 Å². The summed E-state index contributed by atoms with van der Waals surface area (Å²) in [6.45, 7) is 0.562. The molecule has 0 fully saturated rings. The lowest BCUT2D eigenvalue weighted by molar-refractivity contribution is 0.828. The van der Waals surface area contributed by atoms with Crippen molar-refractivity contribution in [3.05, 3.63) is 40.9 Å². The summed E-state index contributed by atoms with van der Waals surface area (Å²) in [6, 6.07) is 9.89. The fourth-order valence-electron chi connectivity index (χ4n) is 1.47. The maximum absolute atomic E-state index is 5.52. The van der Waals surface area contributed by atoms with Crippen molar-refractivity contribution in [2.75, 3.05) is 6.54 Å². The van der Waals surface area contributed by atoms with Crippen LogP contribution in [0.25, 0.3) is 5.69 Å². The minimum absolute atomic E-state index is 0.562. The Morgan fingerprint density at radius 2 is 2.07 bits per heavy atom. The first kappa shape index (κ1) is 10.1. The van der Waals surface area contributed by atoms with Gasteiger partial charge >= 0.3 is 0 Å². The van der Waals surface area contributed by atoms with Crippen LogP contribution in [0.2, 0.25) is 0 Å². The smallest absolute Gasteiger partial charge is 0.199 e. The van der Waals surface area contributed by atoms with E-state index in [4.69, 9.17) is 18.0 Å². The molecular weight excluding hydrogens is 208 g/mol. The maximum atomic E-state index is 5.52. The predicted octanol–water partition coefficient (Wildman–Crippen LogP) is 1.43. The zero-order valence-electron chi connectivity index (χ0n) is 8.18. The summed E-state index contributed by atoms with van der Waals surface area (Å²) in [5.74, 6) is 0.869. The molecule has 0 aliphatic carbocycles. The molecule has 0 atom stereocenters. The van der Waals surface area contributed by atoms with Gasteiger partial charge in [0.1, 0.15) is 5.82 Å². The molecular formula is C10H12N4S. The van der Waals surface area contributed by atoms with E-state index < -0.39 is 0 Å². The van der Waals surface area contributed by atoms with Gasteiger partial charge in [0.15, 0.2) is 4.77 Å². The maximum Gasteiger partial charge on any atom is 0.199 e. The summed E-state index contributed by atoms with van der Waals surface area (Å²) >= 11 is 5.17. The minimum Gasteiger partial charge on any atom is -0.330 e. The van der Waals surface area contributed by atoms with E-state index in [-0.39, 0.29) is 0 Å². The second kappa shape index (κ2) is 4.37. The quantitative estimate of drug-likeness (QED) is 0.769. The van der Waals surface area contributed by atoms with E-state index in [0.717, 1.165) is 11.5 Å². The Bertz CT molecular complexity index is 486. The van der Waals surface area contributed by atoms with E-state index in [1.807, 2.05) is 34.9 Å². The monoisotopic (exact) mass is 220 g/mol. The minimum atomic E-state index is 0.562. The molecule has 0 saturated heterocycles. The lowest BCUT2D eigenvalue weighted by Gasteiger charge is -2.04. The van der Waals surface area contributed by atoms with Gasteiger partial charge in [-0.25, -0.2) is 0 Å². The van der Waals surface area contributed by atoms with Crippen LogP contribution < -0.4 is 5.73 Å². The molecule has 1 heterocycles. The fourth-order valence-corrected chi connectivity index (χ4v) is 1.73. The van der Waals surface area contributed by atoms with Gasteiger partial charge in [0.25, 0.3) is 0 Å². The fraction of sp³-hybridized carbons (Fsp3) is 0.200. The first-order chi connectivity index (χ1) is 7.33. The Labute approximate surface area is 92.7 Å². The molecule has 0 aliphatic rings.